The molecule has 0 unspecified atom stereocenters. The number of alkyl halides is 1. The summed E-state index contributed by atoms with van der Waals surface area (Å²) in [5.41, 5.74) is 3.12. The molecule has 4 atom stereocenters. The topological polar surface area (TPSA) is 106 Å². The molecule has 57 heavy (non-hydrogen) atoms. The predicted octanol–water partition coefficient (Wildman–Crippen LogP) is 9.86. The number of hydrogen-bond donors (Lipinski definition) is 0. The standard InChI is InChI=1S/C43H52F3N5O4SSi/c1-11-56(53,54)41-48-39-35-38(31(45)21-33-32-18-16-27(22-50(33)40(35)49-41)51(32)42(52)55-43(8,9)10)47-37(36(39)46)29-14-12-13-26-15-17-30(44)28(34(26)29)19-20-57(23(2)3,24(4)5)25(6)7/h12-15,17,23-25,27,31-33H,11,16,18,21-22H2,1-10H3/t27-,31+,32+,33-/m1/s1. The van der Waals surface area contributed by atoms with Crippen molar-refractivity contribution >= 4 is 51.5 Å². The van der Waals surface area contributed by atoms with E-state index in [2.05, 4.69) is 63.0 Å². The number of carbonyl (C=O) groups is 1. The van der Waals surface area contributed by atoms with Gasteiger partial charge in [0.25, 0.3) is 0 Å². The van der Waals surface area contributed by atoms with E-state index in [4.69, 9.17) is 9.72 Å². The summed E-state index contributed by atoms with van der Waals surface area (Å²) in [4.78, 5) is 30.6. The van der Waals surface area contributed by atoms with Gasteiger partial charge in [-0.15, -0.1) is 5.54 Å². The Morgan fingerprint density at radius 1 is 0.965 bits per heavy atom. The van der Waals surface area contributed by atoms with E-state index in [1.807, 2.05) is 4.90 Å². The summed E-state index contributed by atoms with van der Waals surface area (Å²) < 4.78 is 83.5. The van der Waals surface area contributed by atoms with Crippen LogP contribution in [0.25, 0.3) is 32.9 Å². The normalized spacial score (nSPS) is 21.0. The number of nitrogens with zero attached hydrogens (tertiary/aromatic N) is 5. The molecule has 0 radical (unpaired) electrons. The van der Waals surface area contributed by atoms with Crippen LogP contribution in [0.4, 0.5) is 23.8 Å². The molecule has 2 fully saturated rings. The van der Waals surface area contributed by atoms with E-state index in [9.17, 15) is 13.2 Å². The molecule has 2 aromatic carbocycles. The van der Waals surface area contributed by atoms with Crippen LogP contribution in [0.15, 0.2) is 35.5 Å². The number of pyridine rings is 1. The Balaban J connectivity index is 1.48. The fraction of sp³-hybridized carbons (Fsp3) is 0.535. The lowest BCUT2D eigenvalue weighted by molar-refractivity contribution is 0.00600. The monoisotopic (exact) mass is 819 g/mol. The maximum atomic E-state index is 17.5. The van der Waals surface area contributed by atoms with Gasteiger partial charge in [-0.05, 0) is 61.7 Å². The van der Waals surface area contributed by atoms with E-state index in [1.54, 1.807) is 49.9 Å². The van der Waals surface area contributed by atoms with Crippen molar-refractivity contribution in [1.29, 1.82) is 0 Å². The molecule has 0 N–H and O–H groups in total. The van der Waals surface area contributed by atoms with Crippen molar-refractivity contribution in [1.82, 2.24) is 19.9 Å². The van der Waals surface area contributed by atoms with Crippen molar-refractivity contribution in [2.45, 2.75) is 140 Å². The fourth-order valence-corrected chi connectivity index (χ4v) is 15.7. The molecule has 0 spiro atoms. The second-order valence-electron chi connectivity index (χ2n) is 17.7. The van der Waals surface area contributed by atoms with E-state index in [0.29, 0.717) is 23.6 Å². The molecule has 4 aromatic rings. The minimum absolute atomic E-state index is 0.0144. The van der Waals surface area contributed by atoms with Gasteiger partial charge in [0.2, 0.25) is 15.0 Å². The molecular formula is C43H52F3N5O4SSi. The Morgan fingerprint density at radius 3 is 2.28 bits per heavy atom. The fourth-order valence-electron chi connectivity index (χ4n) is 9.81. The molecule has 14 heteroatoms. The second-order valence-corrected chi connectivity index (χ2v) is 25.5. The zero-order chi connectivity index (χ0) is 41.5. The minimum atomic E-state index is -4.09. The summed E-state index contributed by atoms with van der Waals surface area (Å²) in [6.45, 7) is 20.0. The number of aromatic nitrogens is 3. The zero-order valence-corrected chi connectivity index (χ0v) is 36.2. The first-order valence-corrected chi connectivity index (χ1v) is 23.9. The van der Waals surface area contributed by atoms with Crippen molar-refractivity contribution in [2.75, 3.05) is 17.2 Å². The van der Waals surface area contributed by atoms with Gasteiger partial charge in [0, 0.05) is 23.9 Å². The molecule has 5 heterocycles. The number of rotatable bonds is 6. The van der Waals surface area contributed by atoms with Crippen LogP contribution in [-0.4, -0.2) is 78.5 Å². The van der Waals surface area contributed by atoms with E-state index >= 15 is 13.2 Å². The van der Waals surface area contributed by atoms with Gasteiger partial charge in [-0.2, -0.15) is 0 Å². The maximum Gasteiger partial charge on any atom is 0.410 e. The first-order chi connectivity index (χ1) is 26.7. The second kappa shape index (κ2) is 14.6. The SMILES string of the molecule is CCS(=O)(=O)c1nc2c3c(nc(-c4cccc5ccc(F)c(C#C[Si](C(C)C)(C(C)C)C(C)C)c45)c(F)c3n1)[C@@H](F)C[C@@H]1[C@@H]3CC[C@H](CN21)N3C(=O)OC(C)(C)C. The van der Waals surface area contributed by atoms with E-state index in [0.717, 1.165) is 0 Å². The predicted molar refractivity (Wildman–Crippen MR) is 220 cm³/mol. The summed E-state index contributed by atoms with van der Waals surface area (Å²) in [5, 5.41) is 0.311. The number of hydrogen-bond acceptors (Lipinski definition) is 8. The molecule has 3 aliphatic rings. The highest BCUT2D eigenvalue weighted by molar-refractivity contribution is 7.91. The van der Waals surface area contributed by atoms with Gasteiger partial charge in [-0.1, -0.05) is 78.7 Å². The lowest BCUT2D eigenvalue weighted by Crippen LogP contribution is -2.62. The van der Waals surface area contributed by atoms with Crippen molar-refractivity contribution in [3.8, 4) is 22.7 Å². The molecule has 2 aromatic heterocycles. The van der Waals surface area contributed by atoms with Crippen LogP contribution < -0.4 is 4.90 Å². The number of amides is 1. The summed E-state index contributed by atoms with van der Waals surface area (Å²) >= 11 is 0. The number of anilines is 1. The summed E-state index contributed by atoms with van der Waals surface area (Å²) in [5.74, 6) is 1.41. The Kier molecular flexibility index (Phi) is 10.5. The molecule has 0 saturated carbocycles. The molecule has 2 saturated heterocycles. The number of carbonyl (C=O) groups excluding carboxylic acids is 1. The molecule has 7 rings (SSSR count). The number of sulfone groups is 1. The molecule has 304 valence electrons. The van der Waals surface area contributed by atoms with Crippen LogP contribution in [-0.2, 0) is 14.6 Å². The van der Waals surface area contributed by atoms with Crippen molar-refractivity contribution in [2.24, 2.45) is 0 Å². The van der Waals surface area contributed by atoms with Crippen LogP contribution >= 0.6 is 0 Å². The Morgan fingerprint density at radius 2 is 1.65 bits per heavy atom. The summed E-state index contributed by atoms with van der Waals surface area (Å²) in [7, 11) is -6.44. The number of halogens is 3. The van der Waals surface area contributed by atoms with Gasteiger partial charge < -0.3 is 9.64 Å². The van der Waals surface area contributed by atoms with Gasteiger partial charge in [0.15, 0.2) is 5.82 Å². The zero-order valence-electron chi connectivity index (χ0n) is 34.4. The highest BCUT2D eigenvalue weighted by Gasteiger charge is 2.52. The number of ether oxygens (including phenoxy) is 1. The van der Waals surface area contributed by atoms with Crippen LogP contribution in [0.5, 0.6) is 0 Å². The van der Waals surface area contributed by atoms with Crippen LogP contribution in [0, 0.1) is 23.1 Å². The Bertz CT molecular complexity index is 2440. The van der Waals surface area contributed by atoms with Gasteiger partial charge in [-0.3, -0.25) is 4.90 Å². The van der Waals surface area contributed by atoms with E-state index in [1.165, 1.54) is 13.0 Å². The first kappa shape index (κ1) is 41.0. The van der Waals surface area contributed by atoms with Crippen molar-refractivity contribution < 1.29 is 31.1 Å². The van der Waals surface area contributed by atoms with Gasteiger partial charge in [0.1, 0.15) is 42.7 Å². The van der Waals surface area contributed by atoms with Gasteiger partial charge >= 0.3 is 6.09 Å². The van der Waals surface area contributed by atoms with Crippen molar-refractivity contribution in [3.63, 3.8) is 0 Å². The lowest BCUT2D eigenvalue weighted by atomic mass is 9.95. The highest BCUT2D eigenvalue weighted by atomic mass is 32.2. The van der Waals surface area contributed by atoms with E-state index in [-0.39, 0.29) is 80.6 Å². The van der Waals surface area contributed by atoms with Gasteiger partial charge in [-0.25, -0.2) is 41.3 Å². The minimum Gasteiger partial charge on any atom is -0.444 e. The third kappa shape index (κ3) is 6.76. The van der Waals surface area contributed by atoms with Gasteiger partial charge in [0.05, 0.1) is 40.5 Å². The molecular weight excluding hydrogens is 768 g/mol. The summed E-state index contributed by atoms with van der Waals surface area (Å²) in [6.07, 6.45) is -1.23. The molecule has 2 bridgehead atoms. The third-order valence-electron chi connectivity index (χ3n) is 12.4. The number of piperazine rings is 1. The number of benzene rings is 2. The molecule has 9 nitrogen and oxygen atoms in total. The highest BCUT2D eigenvalue weighted by Crippen LogP contribution is 2.48. The molecule has 0 aliphatic carbocycles. The van der Waals surface area contributed by atoms with Crippen LogP contribution in [0.1, 0.15) is 106 Å². The third-order valence-corrected chi connectivity index (χ3v) is 20.2. The van der Waals surface area contributed by atoms with Crippen LogP contribution in [0.2, 0.25) is 16.6 Å². The van der Waals surface area contributed by atoms with E-state index < -0.39 is 64.7 Å². The molecule has 1 amide bonds. The smallest absolute Gasteiger partial charge is 0.410 e. The number of fused-ring (bicyclic) bond motifs is 6. The average Bonchev–Trinajstić information content (AvgIpc) is 3.41. The summed E-state index contributed by atoms with van der Waals surface area (Å²) in [6, 6.07) is 6.56. The Labute approximate surface area is 334 Å². The van der Waals surface area contributed by atoms with Crippen molar-refractivity contribution in [3.05, 3.63) is 53.2 Å². The first-order valence-electron chi connectivity index (χ1n) is 20.0. The average molecular weight is 820 g/mol. The lowest BCUT2D eigenvalue weighted by Gasteiger charge is -2.47. The van der Waals surface area contributed by atoms with Crippen LogP contribution in [0.3, 0.4) is 0 Å². The largest absolute Gasteiger partial charge is 0.444 e. The quantitative estimate of drug-likeness (QED) is 0.108. The Hall–Kier alpha value is -4.22. The molecule has 3 aliphatic heterocycles. The maximum absolute atomic E-state index is 17.5.